The van der Waals surface area contributed by atoms with Crippen molar-refractivity contribution in [1.29, 1.82) is 0 Å². The van der Waals surface area contributed by atoms with Crippen LogP contribution in [0.4, 0.5) is 4.79 Å². The topological polar surface area (TPSA) is 88.1 Å². The molecule has 0 saturated carbocycles. The lowest BCUT2D eigenvalue weighted by atomic mass is 9.99. The van der Waals surface area contributed by atoms with E-state index in [-0.39, 0.29) is 5.91 Å². The van der Waals surface area contributed by atoms with Crippen molar-refractivity contribution in [3.8, 4) is 0 Å². The fourth-order valence-corrected chi connectivity index (χ4v) is 3.99. The molecule has 1 aromatic rings. The Morgan fingerprint density at radius 2 is 1.93 bits per heavy atom. The van der Waals surface area contributed by atoms with Crippen LogP contribution in [0.5, 0.6) is 0 Å². The van der Waals surface area contributed by atoms with Crippen LogP contribution in [-0.2, 0) is 14.3 Å². The first-order chi connectivity index (χ1) is 14.1. The molecule has 8 heteroatoms. The average Bonchev–Trinajstić information content (AvgIpc) is 3.41. The first kappa shape index (κ1) is 22.8. The second-order valence-corrected chi connectivity index (χ2v) is 9.61. The Kier molecular flexibility index (Phi) is 6.60. The summed E-state index contributed by atoms with van der Waals surface area (Å²) < 4.78 is 11.6. The molecule has 0 aromatic heterocycles. The van der Waals surface area contributed by atoms with Gasteiger partial charge < -0.3 is 19.9 Å². The summed E-state index contributed by atoms with van der Waals surface area (Å²) in [5.74, 6) is -0.333. The molecule has 1 heterocycles. The Morgan fingerprint density at radius 3 is 2.53 bits per heavy atom. The van der Waals surface area contributed by atoms with Gasteiger partial charge >= 0.3 is 6.09 Å². The van der Waals surface area contributed by atoms with Crippen LogP contribution in [0.25, 0.3) is 5.57 Å². The summed E-state index contributed by atoms with van der Waals surface area (Å²) in [6.07, 6.45) is 2.24. The van der Waals surface area contributed by atoms with E-state index in [9.17, 15) is 14.7 Å². The Hall–Kier alpha value is -1.90. The number of amides is 2. The number of aliphatic hydroxyl groups is 1. The molecule has 1 aliphatic heterocycles. The standard InChI is InChI=1S/C22H29BrN2O5/c1-21(2,3)30-20(28)25-12-6-5-7-17(25)18(26)24-22(19(27)29-4)13-16(22)14-8-10-15(23)11-9-14/h8-11,13,17,19,27H,5-7,12H2,1-4H3,(H,24,26)/t17-,19?,22+/m0/s1. The fourth-order valence-electron chi connectivity index (χ4n) is 3.73. The third-order valence-corrected chi connectivity index (χ3v) is 5.79. The van der Waals surface area contributed by atoms with Crippen LogP contribution < -0.4 is 5.32 Å². The van der Waals surface area contributed by atoms with E-state index >= 15 is 0 Å². The summed E-state index contributed by atoms with van der Waals surface area (Å²) in [7, 11) is 1.39. The molecule has 1 aliphatic carbocycles. The number of hydrogen-bond donors (Lipinski definition) is 2. The molecule has 2 aliphatic rings. The number of benzene rings is 1. The Labute approximate surface area is 185 Å². The zero-order valence-electron chi connectivity index (χ0n) is 17.8. The lowest BCUT2D eigenvalue weighted by molar-refractivity contribution is -0.135. The van der Waals surface area contributed by atoms with Crippen LogP contribution in [-0.4, -0.2) is 59.1 Å². The summed E-state index contributed by atoms with van der Waals surface area (Å²) in [6.45, 7) is 5.85. The van der Waals surface area contributed by atoms with Gasteiger partial charge in [-0.3, -0.25) is 9.69 Å². The molecule has 3 atom stereocenters. The van der Waals surface area contributed by atoms with Crippen molar-refractivity contribution in [2.45, 2.75) is 63.5 Å². The van der Waals surface area contributed by atoms with Crippen LogP contribution >= 0.6 is 15.9 Å². The van der Waals surface area contributed by atoms with Crippen molar-refractivity contribution in [1.82, 2.24) is 10.2 Å². The van der Waals surface area contributed by atoms with Crippen LogP contribution in [0.3, 0.4) is 0 Å². The third kappa shape index (κ3) is 4.87. The molecule has 164 valence electrons. The number of hydrogen-bond acceptors (Lipinski definition) is 5. The summed E-state index contributed by atoms with van der Waals surface area (Å²) >= 11 is 3.41. The number of nitrogens with one attached hydrogen (secondary N) is 1. The van der Waals surface area contributed by atoms with E-state index in [1.165, 1.54) is 12.0 Å². The van der Waals surface area contributed by atoms with Crippen molar-refractivity contribution in [3.05, 3.63) is 40.4 Å². The zero-order valence-corrected chi connectivity index (χ0v) is 19.4. The van der Waals surface area contributed by atoms with E-state index in [1.807, 2.05) is 24.3 Å². The van der Waals surface area contributed by atoms with Gasteiger partial charge in [0.25, 0.3) is 0 Å². The predicted octanol–water partition coefficient (Wildman–Crippen LogP) is 3.46. The van der Waals surface area contributed by atoms with E-state index in [0.717, 1.165) is 28.5 Å². The van der Waals surface area contributed by atoms with E-state index in [4.69, 9.17) is 9.47 Å². The molecule has 2 N–H and O–H groups in total. The number of rotatable bonds is 5. The maximum atomic E-state index is 13.2. The van der Waals surface area contributed by atoms with Crippen molar-refractivity contribution in [2.24, 2.45) is 0 Å². The highest BCUT2D eigenvalue weighted by molar-refractivity contribution is 9.10. The number of carbonyl (C=O) groups is 2. The van der Waals surface area contributed by atoms with E-state index in [2.05, 4.69) is 21.2 Å². The van der Waals surface area contributed by atoms with Gasteiger partial charge in [-0.2, -0.15) is 0 Å². The van der Waals surface area contributed by atoms with Crippen LogP contribution in [0, 0.1) is 0 Å². The number of methoxy groups -OCH3 is 1. The van der Waals surface area contributed by atoms with Gasteiger partial charge in [0.05, 0.1) is 0 Å². The van der Waals surface area contributed by atoms with E-state index in [0.29, 0.717) is 13.0 Å². The Morgan fingerprint density at radius 1 is 1.27 bits per heavy atom. The molecular formula is C22H29BrN2O5. The van der Waals surface area contributed by atoms with Gasteiger partial charge in [0.15, 0.2) is 6.29 Å². The highest BCUT2D eigenvalue weighted by Gasteiger charge is 2.53. The minimum atomic E-state index is -1.24. The Balaban J connectivity index is 1.77. The summed E-state index contributed by atoms with van der Waals surface area (Å²) in [6, 6.07) is 6.94. The molecule has 2 amide bonds. The summed E-state index contributed by atoms with van der Waals surface area (Å²) in [4.78, 5) is 27.4. The lowest BCUT2D eigenvalue weighted by Crippen LogP contribution is -2.58. The highest BCUT2D eigenvalue weighted by atomic mass is 79.9. The van der Waals surface area contributed by atoms with Crippen molar-refractivity contribution in [3.63, 3.8) is 0 Å². The van der Waals surface area contributed by atoms with Gasteiger partial charge in [-0.25, -0.2) is 4.79 Å². The van der Waals surface area contributed by atoms with Crippen LogP contribution in [0.2, 0.25) is 0 Å². The minimum absolute atomic E-state index is 0.333. The van der Waals surface area contributed by atoms with Crippen molar-refractivity contribution in [2.75, 3.05) is 13.7 Å². The molecule has 1 aromatic carbocycles. The maximum Gasteiger partial charge on any atom is 0.410 e. The van der Waals surface area contributed by atoms with E-state index < -0.39 is 29.6 Å². The number of aliphatic hydroxyl groups excluding tert-OH is 1. The van der Waals surface area contributed by atoms with Gasteiger partial charge in [-0.15, -0.1) is 0 Å². The van der Waals surface area contributed by atoms with Gasteiger partial charge in [0, 0.05) is 18.1 Å². The lowest BCUT2D eigenvalue weighted by Gasteiger charge is -2.37. The number of likely N-dealkylation sites (tertiary alicyclic amines) is 1. The number of ether oxygens (including phenoxy) is 2. The fraction of sp³-hybridized carbons (Fsp3) is 0.545. The quantitative estimate of drug-likeness (QED) is 0.630. The maximum absolute atomic E-state index is 13.2. The average molecular weight is 481 g/mol. The molecule has 3 rings (SSSR count). The molecule has 0 radical (unpaired) electrons. The number of halogens is 1. The number of carbonyl (C=O) groups excluding carboxylic acids is 2. The monoisotopic (exact) mass is 480 g/mol. The minimum Gasteiger partial charge on any atom is -0.444 e. The molecular weight excluding hydrogens is 452 g/mol. The second-order valence-electron chi connectivity index (χ2n) is 8.70. The van der Waals surface area contributed by atoms with Crippen molar-refractivity contribution >= 4 is 33.5 Å². The Bertz CT molecular complexity index is 833. The highest BCUT2D eigenvalue weighted by Crippen LogP contribution is 2.46. The van der Waals surface area contributed by atoms with Gasteiger partial charge in [0.2, 0.25) is 5.91 Å². The molecule has 0 spiro atoms. The first-order valence-electron chi connectivity index (χ1n) is 10.1. The summed E-state index contributed by atoms with van der Waals surface area (Å²) in [5.41, 5.74) is -0.105. The first-order valence-corrected chi connectivity index (χ1v) is 10.9. The molecule has 1 saturated heterocycles. The number of nitrogens with zero attached hydrogens (tertiary/aromatic N) is 1. The largest absolute Gasteiger partial charge is 0.444 e. The molecule has 7 nitrogen and oxygen atoms in total. The molecule has 1 unspecified atom stereocenters. The van der Waals surface area contributed by atoms with Crippen molar-refractivity contribution < 1.29 is 24.2 Å². The van der Waals surface area contributed by atoms with Gasteiger partial charge in [-0.05, 0) is 69.4 Å². The van der Waals surface area contributed by atoms with E-state index in [1.54, 1.807) is 26.8 Å². The number of piperidine rings is 1. The zero-order chi connectivity index (χ0) is 22.1. The predicted molar refractivity (Wildman–Crippen MR) is 117 cm³/mol. The summed E-state index contributed by atoms with van der Waals surface area (Å²) in [5, 5.41) is 13.4. The second kappa shape index (κ2) is 8.69. The van der Waals surface area contributed by atoms with Crippen LogP contribution in [0.15, 0.2) is 34.8 Å². The molecule has 1 fully saturated rings. The third-order valence-electron chi connectivity index (χ3n) is 5.27. The SMILES string of the molecule is COC(O)[C@@]1(NC(=O)[C@@H]2CCCCN2C(=O)OC(C)(C)C)C=C1c1ccc(Br)cc1. The smallest absolute Gasteiger partial charge is 0.410 e. The van der Waals surface area contributed by atoms with Gasteiger partial charge in [0.1, 0.15) is 17.2 Å². The molecule has 30 heavy (non-hydrogen) atoms. The van der Waals surface area contributed by atoms with Crippen LogP contribution in [0.1, 0.15) is 45.6 Å². The molecule has 0 bridgehead atoms. The normalized spacial score (nSPS) is 24.7. The van der Waals surface area contributed by atoms with Gasteiger partial charge in [-0.1, -0.05) is 28.1 Å².